The summed E-state index contributed by atoms with van der Waals surface area (Å²) in [5.74, 6) is -1.53. The number of nitrogens with zero attached hydrogens (tertiary/aromatic N) is 1. The summed E-state index contributed by atoms with van der Waals surface area (Å²) in [5, 5.41) is 9.87. The first-order valence-corrected chi connectivity index (χ1v) is 3.36. The fourth-order valence-corrected chi connectivity index (χ4v) is 0.778. The molecule has 1 rings (SSSR count). The summed E-state index contributed by atoms with van der Waals surface area (Å²) in [6, 6.07) is 2.83. The highest BCUT2D eigenvalue weighted by Gasteiger charge is 2.00. The van der Waals surface area contributed by atoms with Gasteiger partial charge in [-0.1, -0.05) is 0 Å². The maximum Gasteiger partial charge on any atom is 0.235 e. The molecule has 3 nitrogen and oxygen atoms in total. The lowest BCUT2D eigenvalue weighted by atomic mass is 10.2. The van der Waals surface area contributed by atoms with Crippen LogP contribution in [0.15, 0.2) is 24.4 Å². The molecule has 0 atom stereocenters. The van der Waals surface area contributed by atoms with E-state index in [0.717, 1.165) is 18.2 Å². The Bertz CT molecular complexity index is 363. The summed E-state index contributed by atoms with van der Waals surface area (Å²) in [5.41, 5.74) is -0.0156. The topological polar surface area (TPSA) is 43.1 Å². The molecular formula is C8H5F2NO2. The van der Waals surface area contributed by atoms with Crippen LogP contribution in [-0.4, -0.2) is 4.92 Å². The summed E-state index contributed by atoms with van der Waals surface area (Å²) in [6.45, 7) is 0. The Kier molecular flexibility index (Phi) is 2.69. The fraction of sp³-hybridized carbons (Fsp3) is 0. The molecule has 0 radical (unpaired) electrons. The number of nitro groups is 1. The van der Waals surface area contributed by atoms with E-state index in [1.54, 1.807) is 0 Å². The van der Waals surface area contributed by atoms with Gasteiger partial charge >= 0.3 is 0 Å². The predicted octanol–water partition coefficient (Wildman–Crippen LogP) is 2.21. The maximum atomic E-state index is 12.8. The van der Waals surface area contributed by atoms with E-state index >= 15 is 0 Å². The van der Waals surface area contributed by atoms with Crippen LogP contribution in [0.1, 0.15) is 5.56 Å². The molecule has 0 aromatic heterocycles. The largest absolute Gasteiger partial charge is 0.259 e. The third kappa shape index (κ3) is 2.62. The molecule has 13 heavy (non-hydrogen) atoms. The van der Waals surface area contributed by atoms with Crippen LogP contribution in [0.25, 0.3) is 6.08 Å². The van der Waals surface area contributed by atoms with Crippen molar-refractivity contribution in [2.75, 3.05) is 0 Å². The summed E-state index contributed by atoms with van der Waals surface area (Å²) in [6.07, 6.45) is 1.56. The van der Waals surface area contributed by atoms with Crippen molar-refractivity contribution >= 4 is 6.08 Å². The summed E-state index contributed by atoms with van der Waals surface area (Å²) >= 11 is 0. The normalized spacial score (nSPS) is 10.6. The molecule has 0 aliphatic rings. The Labute approximate surface area is 72.5 Å². The average Bonchev–Trinajstić information content (AvgIpc) is 2.02. The van der Waals surface area contributed by atoms with Crippen molar-refractivity contribution in [2.45, 2.75) is 0 Å². The van der Waals surface area contributed by atoms with Gasteiger partial charge in [-0.25, -0.2) is 8.78 Å². The SMILES string of the molecule is O=[N+]([O-])C=Cc1ccc(F)cc1F. The molecule has 0 bridgehead atoms. The van der Waals surface area contributed by atoms with Gasteiger partial charge in [-0.05, 0) is 12.1 Å². The first-order valence-electron chi connectivity index (χ1n) is 3.36. The molecule has 0 saturated heterocycles. The number of hydrogen-bond acceptors (Lipinski definition) is 2. The Morgan fingerprint density at radius 1 is 1.38 bits per heavy atom. The zero-order chi connectivity index (χ0) is 9.84. The van der Waals surface area contributed by atoms with Crippen molar-refractivity contribution in [3.63, 3.8) is 0 Å². The van der Waals surface area contributed by atoms with Crippen LogP contribution in [0.5, 0.6) is 0 Å². The third-order valence-corrected chi connectivity index (χ3v) is 1.34. The molecule has 0 fully saturated rings. The van der Waals surface area contributed by atoms with Crippen molar-refractivity contribution in [2.24, 2.45) is 0 Å². The van der Waals surface area contributed by atoms with Crippen molar-refractivity contribution in [3.8, 4) is 0 Å². The highest BCUT2D eigenvalue weighted by molar-refractivity contribution is 5.48. The van der Waals surface area contributed by atoms with Gasteiger partial charge in [-0.2, -0.15) is 0 Å². The lowest BCUT2D eigenvalue weighted by molar-refractivity contribution is -0.400. The second-order valence-electron chi connectivity index (χ2n) is 2.27. The minimum absolute atomic E-state index is 0.0156. The van der Waals surface area contributed by atoms with Crippen LogP contribution in [-0.2, 0) is 0 Å². The van der Waals surface area contributed by atoms with Gasteiger partial charge in [0.15, 0.2) is 0 Å². The zero-order valence-corrected chi connectivity index (χ0v) is 6.41. The lowest BCUT2D eigenvalue weighted by Crippen LogP contribution is -1.86. The lowest BCUT2D eigenvalue weighted by Gasteiger charge is -1.94. The molecule has 1 aromatic carbocycles. The Hall–Kier alpha value is -1.78. The van der Waals surface area contributed by atoms with E-state index in [-0.39, 0.29) is 5.56 Å². The van der Waals surface area contributed by atoms with Crippen molar-refractivity contribution in [1.29, 1.82) is 0 Å². The van der Waals surface area contributed by atoms with Crippen molar-refractivity contribution < 1.29 is 13.7 Å². The first kappa shape index (κ1) is 9.31. The molecule has 0 saturated carbocycles. The molecule has 0 heterocycles. The fourth-order valence-electron chi connectivity index (χ4n) is 0.778. The quantitative estimate of drug-likeness (QED) is 0.523. The highest BCUT2D eigenvalue weighted by Crippen LogP contribution is 2.10. The van der Waals surface area contributed by atoms with Crippen molar-refractivity contribution in [3.05, 3.63) is 51.7 Å². The van der Waals surface area contributed by atoms with E-state index in [9.17, 15) is 18.9 Å². The number of benzene rings is 1. The van der Waals surface area contributed by atoms with Crippen LogP contribution < -0.4 is 0 Å². The standard InChI is InChI=1S/C8H5F2NO2/c9-7-2-1-6(8(10)5-7)3-4-11(12)13/h1-5H. The molecule has 0 aliphatic carbocycles. The minimum Gasteiger partial charge on any atom is -0.259 e. The molecular weight excluding hydrogens is 180 g/mol. The molecule has 0 aliphatic heterocycles. The second kappa shape index (κ2) is 3.75. The van der Waals surface area contributed by atoms with E-state index in [4.69, 9.17) is 0 Å². The number of halogens is 2. The minimum atomic E-state index is -0.821. The van der Waals surface area contributed by atoms with Gasteiger partial charge in [0, 0.05) is 17.7 Å². The summed E-state index contributed by atoms with van der Waals surface area (Å²) < 4.78 is 25.1. The van der Waals surface area contributed by atoms with E-state index in [0.29, 0.717) is 12.3 Å². The smallest absolute Gasteiger partial charge is 0.235 e. The van der Waals surface area contributed by atoms with Gasteiger partial charge in [0.1, 0.15) is 11.6 Å². The van der Waals surface area contributed by atoms with Gasteiger partial charge in [-0.3, -0.25) is 10.1 Å². The second-order valence-corrected chi connectivity index (χ2v) is 2.27. The van der Waals surface area contributed by atoms with Crippen LogP contribution in [0.3, 0.4) is 0 Å². The number of hydrogen-bond donors (Lipinski definition) is 0. The Morgan fingerprint density at radius 3 is 2.62 bits per heavy atom. The van der Waals surface area contributed by atoms with Gasteiger partial charge in [0.05, 0.1) is 4.92 Å². The average molecular weight is 185 g/mol. The van der Waals surface area contributed by atoms with E-state index in [1.807, 2.05) is 0 Å². The summed E-state index contributed by atoms with van der Waals surface area (Å²) in [4.78, 5) is 9.15. The van der Waals surface area contributed by atoms with Crippen LogP contribution >= 0.6 is 0 Å². The monoisotopic (exact) mass is 185 g/mol. The molecule has 0 amide bonds. The van der Waals surface area contributed by atoms with Gasteiger partial charge < -0.3 is 0 Å². The van der Waals surface area contributed by atoms with E-state index in [1.165, 1.54) is 0 Å². The maximum absolute atomic E-state index is 12.8. The molecule has 5 heteroatoms. The van der Waals surface area contributed by atoms with Gasteiger partial charge in [-0.15, -0.1) is 0 Å². The van der Waals surface area contributed by atoms with Crippen LogP contribution in [0.2, 0.25) is 0 Å². The first-order chi connectivity index (χ1) is 6.09. The van der Waals surface area contributed by atoms with E-state index in [2.05, 4.69) is 0 Å². The summed E-state index contributed by atoms with van der Waals surface area (Å²) in [7, 11) is 0. The van der Waals surface area contributed by atoms with Crippen LogP contribution in [0, 0.1) is 21.7 Å². The zero-order valence-electron chi connectivity index (χ0n) is 6.41. The van der Waals surface area contributed by atoms with Crippen molar-refractivity contribution in [1.82, 2.24) is 0 Å². The Balaban J connectivity index is 2.96. The van der Waals surface area contributed by atoms with Crippen LogP contribution in [0.4, 0.5) is 8.78 Å². The molecule has 0 unspecified atom stereocenters. The van der Waals surface area contributed by atoms with E-state index < -0.39 is 16.6 Å². The van der Waals surface area contributed by atoms with Gasteiger partial charge in [0.25, 0.3) is 0 Å². The molecule has 1 aromatic rings. The predicted molar refractivity (Wildman–Crippen MR) is 42.4 cm³/mol. The van der Waals surface area contributed by atoms with Gasteiger partial charge in [0.2, 0.25) is 6.20 Å². The third-order valence-electron chi connectivity index (χ3n) is 1.34. The number of rotatable bonds is 2. The molecule has 0 N–H and O–H groups in total. The highest BCUT2D eigenvalue weighted by atomic mass is 19.1. The molecule has 0 spiro atoms. The Morgan fingerprint density at radius 2 is 2.08 bits per heavy atom. The molecule has 68 valence electrons.